The number of nitrogens with one attached hydrogen (secondary N) is 1. The summed E-state index contributed by atoms with van der Waals surface area (Å²) in [7, 11) is 0. The molecule has 4 aromatic carbocycles. The Hall–Kier alpha value is -6.20. The van der Waals surface area contributed by atoms with Crippen LogP contribution in [0.2, 0.25) is 0 Å². The number of alkyl carbamates (subject to hydrolysis) is 1. The number of esters is 2. The van der Waals surface area contributed by atoms with Gasteiger partial charge in [-0.3, -0.25) is 9.59 Å². The highest BCUT2D eigenvalue weighted by atomic mass is 16.6. The number of aliphatic hydroxyl groups is 1. The number of fused-ring (bicyclic) bond motifs is 3. The Bertz CT molecular complexity index is 2080. The number of carbonyl (C=O) groups excluding carboxylic acids is 4. The molecule has 0 aliphatic heterocycles. The number of ether oxygens (including phenoxy) is 5. The zero-order valence-corrected chi connectivity index (χ0v) is 33.5. The molecule has 0 saturated carbocycles. The monoisotopic (exact) mass is 801 g/mol. The topological polar surface area (TPSA) is 147 Å². The van der Waals surface area contributed by atoms with Gasteiger partial charge in [-0.05, 0) is 76.9 Å². The molecular formula is C48H51NO10. The quantitative estimate of drug-likeness (QED) is 0.0283. The van der Waals surface area contributed by atoms with E-state index in [9.17, 15) is 24.3 Å². The van der Waals surface area contributed by atoms with Gasteiger partial charge in [0.15, 0.2) is 6.10 Å². The second-order valence-corrected chi connectivity index (χ2v) is 14.5. The van der Waals surface area contributed by atoms with E-state index in [1.54, 1.807) is 6.92 Å². The minimum atomic E-state index is -1.02. The zero-order chi connectivity index (χ0) is 41.8. The summed E-state index contributed by atoms with van der Waals surface area (Å²) in [5.74, 6) is -1.13. The van der Waals surface area contributed by atoms with Crippen molar-refractivity contribution in [1.82, 2.24) is 5.32 Å². The van der Waals surface area contributed by atoms with E-state index in [0.717, 1.165) is 39.5 Å². The highest BCUT2D eigenvalue weighted by Gasteiger charge is 2.46. The molecule has 2 aliphatic rings. The van der Waals surface area contributed by atoms with Gasteiger partial charge >= 0.3 is 18.0 Å². The number of aliphatic hydroxyl groups excluding tert-OH is 1. The first-order valence-corrected chi connectivity index (χ1v) is 20.1. The molecule has 0 spiro atoms. The first-order chi connectivity index (χ1) is 28.7. The molecule has 4 unspecified atom stereocenters. The Kier molecular flexibility index (Phi) is 14.4. The van der Waals surface area contributed by atoms with Crippen LogP contribution in [0.4, 0.5) is 4.79 Å². The average molecular weight is 802 g/mol. The van der Waals surface area contributed by atoms with Gasteiger partial charge in [0.1, 0.15) is 43.7 Å². The van der Waals surface area contributed by atoms with Crippen molar-refractivity contribution < 1.29 is 48.0 Å². The molecule has 2 aliphatic carbocycles. The molecule has 0 radical (unpaired) electrons. The number of carbonyl (C=O) groups is 4. The molecule has 4 aromatic rings. The SMILES string of the molecule is C=CC(=O)OCCNC(=O)OC(COC(=O)C1CC=CCC1C(=O)CC)COc1ccc(C2(c3ccc(OCC(O)CC)cc3)c3ccccc3-c3ccccc32)cc1. The lowest BCUT2D eigenvalue weighted by molar-refractivity contribution is -0.156. The molecule has 6 rings (SSSR count). The van der Waals surface area contributed by atoms with Crippen LogP contribution in [0.15, 0.2) is 122 Å². The van der Waals surface area contributed by atoms with Crippen molar-refractivity contribution in [3.05, 3.63) is 144 Å². The van der Waals surface area contributed by atoms with E-state index >= 15 is 0 Å². The fourth-order valence-corrected chi connectivity index (χ4v) is 7.77. The lowest BCUT2D eigenvalue weighted by atomic mass is 9.68. The summed E-state index contributed by atoms with van der Waals surface area (Å²) in [6.45, 7) is 6.66. The van der Waals surface area contributed by atoms with Crippen LogP contribution in [-0.4, -0.2) is 74.1 Å². The molecule has 308 valence electrons. The molecule has 0 bridgehead atoms. The van der Waals surface area contributed by atoms with Gasteiger partial charge in [0.2, 0.25) is 0 Å². The van der Waals surface area contributed by atoms with Crippen LogP contribution in [0.3, 0.4) is 0 Å². The minimum absolute atomic E-state index is 0.00653. The second kappa shape index (κ2) is 20.0. The third kappa shape index (κ3) is 9.75. The molecule has 0 heterocycles. The van der Waals surface area contributed by atoms with Gasteiger partial charge in [-0.1, -0.05) is 105 Å². The average Bonchev–Trinajstić information content (AvgIpc) is 3.58. The lowest BCUT2D eigenvalue weighted by Crippen LogP contribution is -2.38. The number of ketones is 1. The maximum atomic E-state index is 13.3. The van der Waals surface area contributed by atoms with Gasteiger partial charge in [0, 0.05) is 18.4 Å². The fourth-order valence-electron chi connectivity index (χ4n) is 7.77. The first-order valence-electron chi connectivity index (χ1n) is 20.1. The highest BCUT2D eigenvalue weighted by Crippen LogP contribution is 2.56. The molecule has 1 amide bonds. The summed E-state index contributed by atoms with van der Waals surface area (Å²) in [5, 5.41) is 12.6. The van der Waals surface area contributed by atoms with Crippen molar-refractivity contribution in [1.29, 1.82) is 0 Å². The fraction of sp³-hybridized carbons (Fsp3) is 0.333. The molecule has 0 saturated heterocycles. The zero-order valence-electron chi connectivity index (χ0n) is 33.5. The largest absolute Gasteiger partial charge is 0.491 e. The standard InChI is InChI=1S/C48H51NO10/c1-4-34(50)29-56-35-23-19-32(20-24-35)48(42-17-11-9-13-38(42)39-14-10-12-18-43(39)48)33-21-25-36(26-22-33)57-30-37(59-47(54)49-27-28-55-45(52)6-3)31-58-46(53)41-16-8-7-15-40(41)44(51)5-2/h6-14,17-26,34,37,40-41,50H,3-5,15-16,27-31H2,1-2H3,(H,49,54). The van der Waals surface area contributed by atoms with Crippen LogP contribution in [0.25, 0.3) is 11.1 Å². The molecule has 0 fully saturated rings. The first kappa shape index (κ1) is 42.4. The van der Waals surface area contributed by atoms with Gasteiger partial charge < -0.3 is 34.1 Å². The van der Waals surface area contributed by atoms with Crippen molar-refractivity contribution in [3.8, 4) is 22.6 Å². The van der Waals surface area contributed by atoms with Crippen molar-refractivity contribution in [3.63, 3.8) is 0 Å². The second-order valence-electron chi connectivity index (χ2n) is 14.5. The van der Waals surface area contributed by atoms with Gasteiger partial charge in [0.25, 0.3) is 0 Å². The molecule has 59 heavy (non-hydrogen) atoms. The molecular weight excluding hydrogens is 751 g/mol. The summed E-state index contributed by atoms with van der Waals surface area (Å²) in [5.41, 5.74) is 5.87. The van der Waals surface area contributed by atoms with E-state index in [2.05, 4.69) is 48.3 Å². The van der Waals surface area contributed by atoms with Crippen LogP contribution in [0, 0.1) is 11.8 Å². The number of hydrogen-bond acceptors (Lipinski definition) is 10. The lowest BCUT2D eigenvalue weighted by Gasteiger charge is -2.34. The van der Waals surface area contributed by atoms with Crippen molar-refractivity contribution in [2.24, 2.45) is 11.8 Å². The van der Waals surface area contributed by atoms with E-state index in [-0.39, 0.29) is 38.8 Å². The van der Waals surface area contributed by atoms with E-state index in [0.29, 0.717) is 37.2 Å². The van der Waals surface area contributed by atoms with Crippen LogP contribution in [0.1, 0.15) is 61.8 Å². The van der Waals surface area contributed by atoms with Crippen LogP contribution < -0.4 is 14.8 Å². The van der Waals surface area contributed by atoms with Gasteiger partial charge in [-0.25, -0.2) is 9.59 Å². The molecule has 2 N–H and O–H groups in total. The van der Waals surface area contributed by atoms with Crippen LogP contribution >= 0.6 is 0 Å². The van der Waals surface area contributed by atoms with E-state index in [4.69, 9.17) is 23.7 Å². The number of Topliss-reactive ketones (excluding diaryl/α,β-unsaturated/α-hetero) is 1. The normalized spacial score (nSPS) is 17.0. The number of allylic oxidation sites excluding steroid dienone is 2. The summed E-state index contributed by atoms with van der Waals surface area (Å²) in [4.78, 5) is 50.1. The molecule has 11 heteroatoms. The van der Waals surface area contributed by atoms with Gasteiger partial charge in [-0.15, -0.1) is 0 Å². The van der Waals surface area contributed by atoms with Crippen molar-refractivity contribution in [2.75, 3.05) is 33.0 Å². The Balaban J connectivity index is 1.23. The summed E-state index contributed by atoms with van der Waals surface area (Å²) in [6, 6.07) is 32.5. The van der Waals surface area contributed by atoms with Crippen LogP contribution in [-0.2, 0) is 34.0 Å². The summed E-state index contributed by atoms with van der Waals surface area (Å²) in [6.07, 6.45) is 4.17. The molecule has 11 nitrogen and oxygen atoms in total. The van der Waals surface area contributed by atoms with Crippen molar-refractivity contribution >= 4 is 23.8 Å². The van der Waals surface area contributed by atoms with E-state index in [1.807, 2.05) is 79.7 Å². The Morgan fingerprint density at radius 3 is 1.88 bits per heavy atom. The number of hydrogen-bond donors (Lipinski definition) is 2. The number of amides is 1. The predicted molar refractivity (Wildman–Crippen MR) is 222 cm³/mol. The number of rotatable bonds is 19. The Labute approximate surface area is 345 Å². The Morgan fingerprint density at radius 2 is 1.32 bits per heavy atom. The van der Waals surface area contributed by atoms with E-state index < -0.39 is 47.5 Å². The molecule has 0 aromatic heterocycles. The molecule has 4 atom stereocenters. The van der Waals surface area contributed by atoms with Crippen molar-refractivity contribution in [2.45, 2.75) is 57.2 Å². The Morgan fingerprint density at radius 1 is 0.763 bits per heavy atom. The maximum absolute atomic E-state index is 13.3. The smallest absolute Gasteiger partial charge is 0.407 e. The summed E-state index contributed by atoms with van der Waals surface area (Å²) >= 11 is 0. The minimum Gasteiger partial charge on any atom is -0.491 e. The van der Waals surface area contributed by atoms with E-state index in [1.165, 1.54) is 0 Å². The third-order valence-corrected chi connectivity index (χ3v) is 10.8. The third-order valence-electron chi connectivity index (χ3n) is 10.8. The van der Waals surface area contributed by atoms with Gasteiger partial charge in [0.05, 0.1) is 24.0 Å². The highest BCUT2D eigenvalue weighted by molar-refractivity contribution is 5.88. The number of benzene rings is 4. The maximum Gasteiger partial charge on any atom is 0.407 e. The summed E-state index contributed by atoms with van der Waals surface area (Å²) < 4.78 is 28.3. The van der Waals surface area contributed by atoms with Gasteiger partial charge in [-0.2, -0.15) is 0 Å². The van der Waals surface area contributed by atoms with Crippen LogP contribution in [0.5, 0.6) is 11.5 Å². The predicted octanol–water partition coefficient (Wildman–Crippen LogP) is 7.51.